The fraction of sp³-hybridized carbons (Fsp3) is 0.370. The van der Waals surface area contributed by atoms with E-state index in [1.54, 1.807) is 31.6 Å². The molecule has 0 saturated carbocycles. The number of methoxy groups -OCH3 is 1. The lowest BCUT2D eigenvalue weighted by molar-refractivity contribution is -0.139. The molecule has 10 heteroatoms. The number of ether oxygens (including phenoxy) is 2. The van der Waals surface area contributed by atoms with Crippen LogP contribution in [-0.4, -0.2) is 37.3 Å². The van der Waals surface area contributed by atoms with Crippen LogP contribution in [0.25, 0.3) is 6.08 Å². The topological polar surface area (TPSA) is 86.3 Å². The van der Waals surface area contributed by atoms with Crippen molar-refractivity contribution < 1.29 is 18.7 Å². The highest BCUT2D eigenvalue weighted by Crippen LogP contribution is 2.36. The number of hydrogen-bond donors (Lipinski definition) is 0. The summed E-state index contributed by atoms with van der Waals surface area (Å²) in [5.41, 5.74) is 1.25. The van der Waals surface area contributed by atoms with Crippen LogP contribution in [0.4, 0.5) is 5.88 Å². The quantitative estimate of drug-likeness (QED) is 0.404. The van der Waals surface area contributed by atoms with Crippen LogP contribution in [0.3, 0.4) is 0 Å². The Labute approximate surface area is 226 Å². The molecule has 1 saturated heterocycles. The first-order chi connectivity index (χ1) is 17.9. The maximum Gasteiger partial charge on any atom is 0.338 e. The molecule has 0 aliphatic carbocycles. The number of rotatable bonds is 6. The standard InChI is InChI=1S/C27H28BrN3O5S/c1-4-35-26(33)22-16(2)29-27-31(23(22)18-10-6-7-11-20(18)34-3)24(32)21(37-27)15-17-14-19(28)25(36-17)30-12-8-5-9-13-30/h6-7,10-11,14-15,23H,4-5,8-9,12-13H2,1-3H3/b21-15+/t23-/m0/s1. The third-order valence-electron chi connectivity index (χ3n) is 6.55. The van der Waals surface area contributed by atoms with E-state index < -0.39 is 12.0 Å². The number of nitrogens with zero attached hydrogens (tertiary/aromatic N) is 3. The molecule has 37 heavy (non-hydrogen) atoms. The number of thiazole rings is 1. The van der Waals surface area contributed by atoms with Gasteiger partial charge >= 0.3 is 5.97 Å². The maximum absolute atomic E-state index is 13.8. The Morgan fingerprint density at radius 2 is 2.03 bits per heavy atom. The van der Waals surface area contributed by atoms with Gasteiger partial charge in [0.25, 0.3) is 5.56 Å². The minimum atomic E-state index is -0.735. The van der Waals surface area contributed by atoms with Gasteiger partial charge in [0.05, 0.1) is 34.0 Å². The van der Waals surface area contributed by atoms with E-state index in [1.807, 2.05) is 30.3 Å². The van der Waals surface area contributed by atoms with Gasteiger partial charge in [-0.15, -0.1) is 0 Å². The molecule has 0 bridgehead atoms. The van der Waals surface area contributed by atoms with Crippen molar-refractivity contribution >= 4 is 45.2 Å². The number of furan rings is 1. The smallest absolute Gasteiger partial charge is 0.338 e. The molecule has 0 radical (unpaired) electrons. The maximum atomic E-state index is 13.8. The van der Waals surface area contributed by atoms with Crippen LogP contribution < -0.4 is 24.5 Å². The molecule has 8 nitrogen and oxygen atoms in total. The Morgan fingerprint density at radius 3 is 2.76 bits per heavy atom. The second kappa shape index (κ2) is 10.7. The van der Waals surface area contributed by atoms with E-state index in [2.05, 4.69) is 25.8 Å². The normalized spacial score (nSPS) is 18.0. The molecule has 0 N–H and O–H groups in total. The van der Waals surface area contributed by atoms with E-state index in [0.717, 1.165) is 36.3 Å². The minimum Gasteiger partial charge on any atom is -0.496 e. The fourth-order valence-electron chi connectivity index (χ4n) is 4.87. The summed E-state index contributed by atoms with van der Waals surface area (Å²) >= 11 is 4.88. The number of benzene rings is 1. The highest BCUT2D eigenvalue weighted by atomic mass is 79.9. The number of anilines is 1. The zero-order valence-corrected chi connectivity index (χ0v) is 23.4. The van der Waals surface area contributed by atoms with Crippen molar-refractivity contribution in [2.75, 3.05) is 31.7 Å². The molecule has 1 fully saturated rings. The number of carbonyl (C=O) groups excluding carboxylic acids is 1. The Morgan fingerprint density at radius 1 is 1.27 bits per heavy atom. The first-order valence-electron chi connectivity index (χ1n) is 12.3. The molecular formula is C27H28BrN3O5S. The largest absolute Gasteiger partial charge is 0.496 e. The summed E-state index contributed by atoms with van der Waals surface area (Å²) in [4.78, 5) is 34.3. The zero-order chi connectivity index (χ0) is 26.1. The lowest BCUT2D eigenvalue weighted by Crippen LogP contribution is -2.40. The van der Waals surface area contributed by atoms with Crippen LogP contribution in [0, 0.1) is 0 Å². The summed E-state index contributed by atoms with van der Waals surface area (Å²) < 4.78 is 20.0. The van der Waals surface area contributed by atoms with E-state index in [-0.39, 0.29) is 12.2 Å². The van der Waals surface area contributed by atoms with Crippen LogP contribution in [0.2, 0.25) is 0 Å². The molecule has 1 atom stereocenters. The van der Waals surface area contributed by atoms with Crippen LogP contribution in [0.5, 0.6) is 5.75 Å². The number of allylic oxidation sites excluding steroid dienone is 1. The van der Waals surface area contributed by atoms with Crippen LogP contribution in [0.15, 0.2) is 60.3 Å². The van der Waals surface area contributed by atoms with Crippen molar-refractivity contribution in [1.29, 1.82) is 0 Å². The first-order valence-corrected chi connectivity index (χ1v) is 13.9. The van der Waals surface area contributed by atoms with Crippen molar-refractivity contribution in [3.63, 3.8) is 0 Å². The SMILES string of the molecule is CCOC(=O)C1=C(C)N=c2s/c(=C/c3cc(Br)c(N4CCCCC4)o3)c(=O)n2[C@H]1c1ccccc1OC. The predicted octanol–water partition coefficient (Wildman–Crippen LogP) is 4.15. The number of aromatic nitrogens is 1. The predicted molar refractivity (Wildman–Crippen MR) is 146 cm³/mol. The Bertz CT molecular complexity index is 1540. The third kappa shape index (κ3) is 4.80. The van der Waals surface area contributed by atoms with E-state index in [0.29, 0.717) is 37.7 Å². The van der Waals surface area contributed by atoms with Crippen molar-refractivity contribution in [2.24, 2.45) is 4.99 Å². The Balaban J connectivity index is 1.65. The molecule has 0 spiro atoms. The molecule has 1 aromatic carbocycles. The van der Waals surface area contributed by atoms with Gasteiger partial charge in [-0.1, -0.05) is 29.5 Å². The van der Waals surface area contributed by atoms with Crippen molar-refractivity contribution in [1.82, 2.24) is 4.57 Å². The van der Waals surface area contributed by atoms with Gasteiger partial charge in [-0.25, -0.2) is 9.79 Å². The van der Waals surface area contributed by atoms with Crippen LogP contribution in [-0.2, 0) is 9.53 Å². The lowest BCUT2D eigenvalue weighted by Gasteiger charge is -2.26. The number of esters is 1. The number of hydrogen-bond acceptors (Lipinski definition) is 8. The second-order valence-electron chi connectivity index (χ2n) is 8.89. The summed E-state index contributed by atoms with van der Waals surface area (Å²) in [6, 6.07) is 8.52. The Kier molecular flexibility index (Phi) is 7.39. The average molecular weight is 587 g/mol. The number of piperidine rings is 1. The summed E-state index contributed by atoms with van der Waals surface area (Å²) in [5.74, 6) is 1.42. The second-order valence-corrected chi connectivity index (χ2v) is 10.8. The first kappa shape index (κ1) is 25.5. The highest BCUT2D eigenvalue weighted by molar-refractivity contribution is 9.10. The van der Waals surface area contributed by atoms with E-state index in [9.17, 15) is 9.59 Å². The number of fused-ring (bicyclic) bond motifs is 1. The number of halogens is 1. The van der Waals surface area contributed by atoms with Crippen molar-refractivity contribution in [3.8, 4) is 5.75 Å². The summed E-state index contributed by atoms with van der Waals surface area (Å²) in [5, 5.41) is 0. The van der Waals surface area contributed by atoms with Crippen molar-refractivity contribution in [2.45, 2.75) is 39.2 Å². The van der Waals surface area contributed by atoms with Crippen LogP contribution in [0.1, 0.15) is 50.5 Å². The van der Waals surface area contributed by atoms with Gasteiger partial charge < -0.3 is 18.8 Å². The highest BCUT2D eigenvalue weighted by Gasteiger charge is 2.35. The third-order valence-corrected chi connectivity index (χ3v) is 8.11. The average Bonchev–Trinajstić information content (AvgIpc) is 3.42. The summed E-state index contributed by atoms with van der Waals surface area (Å²) in [6.07, 6.45) is 5.23. The molecule has 0 amide bonds. The molecule has 4 heterocycles. The van der Waals surface area contributed by atoms with Gasteiger partial charge in [0.15, 0.2) is 4.80 Å². The molecule has 3 aromatic rings. The fourth-order valence-corrected chi connectivity index (χ4v) is 6.45. The van der Waals surface area contributed by atoms with Crippen LogP contribution >= 0.6 is 27.3 Å². The molecule has 2 aromatic heterocycles. The molecule has 2 aliphatic heterocycles. The van der Waals surface area contributed by atoms with Gasteiger partial charge in [0.1, 0.15) is 17.6 Å². The monoisotopic (exact) mass is 585 g/mol. The van der Waals surface area contributed by atoms with Gasteiger partial charge in [-0.3, -0.25) is 9.36 Å². The Hall–Kier alpha value is -3.11. The number of carbonyl (C=O) groups is 1. The molecule has 5 rings (SSSR count). The zero-order valence-electron chi connectivity index (χ0n) is 21.0. The molecule has 194 valence electrons. The lowest BCUT2D eigenvalue weighted by atomic mass is 9.95. The van der Waals surface area contributed by atoms with Gasteiger partial charge in [-0.05, 0) is 55.1 Å². The molecular weight excluding hydrogens is 558 g/mol. The van der Waals surface area contributed by atoms with Crippen molar-refractivity contribution in [3.05, 3.63) is 77.1 Å². The molecule has 0 unspecified atom stereocenters. The molecule has 2 aliphatic rings. The summed E-state index contributed by atoms with van der Waals surface area (Å²) in [6.45, 7) is 5.62. The van der Waals surface area contributed by atoms with Gasteiger partial charge in [-0.2, -0.15) is 0 Å². The van der Waals surface area contributed by atoms with Gasteiger partial charge in [0.2, 0.25) is 5.88 Å². The van der Waals surface area contributed by atoms with E-state index in [4.69, 9.17) is 13.9 Å². The van der Waals surface area contributed by atoms with Gasteiger partial charge in [0, 0.05) is 30.8 Å². The van der Waals surface area contributed by atoms with E-state index in [1.165, 1.54) is 17.8 Å². The number of para-hydroxylation sites is 1. The minimum absolute atomic E-state index is 0.214. The summed E-state index contributed by atoms with van der Waals surface area (Å²) in [7, 11) is 1.57. The van der Waals surface area contributed by atoms with E-state index >= 15 is 0 Å².